The number of hydrogen-bond donors (Lipinski definition) is 1. The Kier molecular flexibility index (Phi) is 3.81. The van der Waals surface area contributed by atoms with E-state index in [4.69, 9.17) is 4.74 Å². The second kappa shape index (κ2) is 5.76. The van der Waals surface area contributed by atoms with Crippen molar-refractivity contribution in [1.29, 1.82) is 0 Å². The van der Waals surface area contributed by atoms with Crippen LogP contribution < -0.4 is 10.1 Å². The van der Waals surface area contributed by atoms with E-state index in [0.717, 1.165) is 15.8 Å². The highest BCUT2D eigenvalue weighted by Gasteiger charge is 2.19. The molecule has 6 nitrogen and oxygen atoms in total. The highest BCUT2D eigenvalue weighted by Crippen LogP contribution is 2.25. The molecule has 2 aromatic heterocycles. The number of ether oxygens (including phenoxy) is 1. The van der Waals surface area contributed by atoms with E-state index >= 15 is 0 Å². The van der Waals surface area contributed by atoms with Gasteiger partial charge in [0.15, 0.2) is 11.2 Å². The standard InChI is InChI=1S/C15H16N4O2S/c1-9-8-16-15(22-9)17-13(20)10(2)21-14-11-6-4-5-7-12(11)19(3)18-14/h4-8,10H,1-3H3,(H,16,17,20). The molecule has 1 unspecified atom stereocenters. The number of aryl methyl sites for hydroxylation is 2. The van der Waals surface area contributed by atoms with Crippen molar-refractivity contribution in [2.24, 2.45) is 7.05 Å². The number of para-hydroxylation sites is 1. The summed E-state index contributed by atoms with van der Waals surface area (Å²) in [5, 5.41) is 8.53. The third kappa shape index (κ3) is 2.80. The van der Waals surface area contributed by atoms with Gasteiger partial charge in [0, 0.05) is 18.1 Å². The van der Waals surface area contributed by atoms with Crippen LogP contribution in [0.2, 0.25) is 0 Å². The van der Waals surface area contributed by atoms with E-state index in [1.807, 2.05) is 38.2 Å². The van der Waals surface area contributed by atoms with Gasteiger partial charge in [0.05, 0.1) is 10.9 Å². The smallest absolute Gasteiger partial charge is 0.266 e. The molecule has 0 saturated heterocycles. The molecule has 114 valence electrons. The molecular formula is C15H16N4O2S. The predicted octanol–water partition coefficient (Wildman–Crippen LogP) is 2.74. The van der Waals surface area contributed by atoms with Crippen molar-refractivity contribution in [1.82, 2.24) is 14.8 Å². The van der Waals surface area contributed by atoms with Gasteiger partial charge in [0.25, 0.3) is 5.91 Å². The van der Waals surface area contributed by atoms with Crippen LogP contribution in [0, 0.1) is 6.92 Å². The molecule has 7 heteroatoms. The third-order valence-corrected chi connectivity index (χ3v) is 4.06. The number of fused-ring (bicyclic) bond motifs is 1. The lowest BCUT2D eigenvalue weighted by atomic mass is 10.2. The molecule has 0 fully saturated rings. The topological polar surface area (TPSA) is 69.0 Å². The van der Waals surface area contributed by atoms with Crippen LogP contribution in [0.4, 0.5) is 5.13 Å². The zero-order chi connectivity index (χ0) is 15.7. The van der Waals surface area contributed by atoms with E-state index in [1.54, 1.807) is 17.8 Å². The summed E-state index contributed by atoms with van der Waals surface area (Å²) in [6.07, 6.45) is 1.06. The summed E-state index contributed by atoms with van der Waals surface area (Å²) in [5.74, 6) is 0.208. The van der Waals surface area contributed by atoms with E-state index in [9.17, 15) is 4.79 Å². The minimum Gasteiger partial charge on any atom is -0.463 e. The molecule has 2 heterocycles. The van der Waals surface area contributed by atoms with Crippen LogP contribution >= 0.6 is 11.3 Å². The van der Waals surface area contributed by atoms with Crippen molar-refractivity contribution < 1.29 is 9.53 Å². The summed E-state index contributed by atoms with van der Waals surface area (Å²) in [4.78, 5) is 17.3. The van der Waals surface area contributed by atoms with Gasteiger partial charge >= 0.3 is 0 Å². The monoisotopic (exact) mass is 316 g/mol. The highest BCUT2D eigenvalue weighted by molar-refractivity contribution is 7.15. The minimum atomic E-state index is -0.664. The van der Waals surface area contributed by atoms with Gasteiger partial charge in [-0.15, -0.1) is 16.4 Å². The lowest BCUT2D eigenvalue weighted by Crippen LogP contribution is -2.30. The Morgan fingerprint density at radius 1 is 1.41 bits per heavy atom. The fourth-order valence-corrected chi connectivity index (χ4v) is 2.78. The lowest BCUT2D eigenvalue weighted by molar-refractivity contribution is -0.122. The molecule has 0 saturated carbocycles. The third-order valence-electron chi connectivity index (χ3n) is 3.23. The van der Waals surface area contributed by atoms with Crippen LogP contribution in [-0.2, 0) is 11.8 Å². The fraction of sp³-hybridized carbons (Fsp3) is 0.267. The van der Waals surface area contributed by atoms with E-state index in [1.165, 1.54) is 11.3 Å². The second-order valence-corrected chi connectivity index (χ2v) is 6.21. The maximum absolute atomic E-state index is 12.2. The molecule has 1 amide bonds. The van der Waals surface area contributed by atoms with Crippen molar-refractivity contribution >= 4 is 33.3 Å². The summed E-state index contributed by atoms with van der Waals surface area (Å²) in [6.45, 7) is 3.63. The van der Waals surface area contributed by atoms with Crippen LogP contribution in [0.1, 0.15) is 11.8 Å². The maximum atomic E-state index is 12.2. The predicted molar refractivity (Wildman–Crippen MR) is 86.3 cm³/mol. The number of thiazole rings is 1. The van der Waals surface area contributed by atoms with Gasteiger partial charge < -0.3 is 4.74 Å². The molecule has 1 aromatic carbocycles. The van der Waals surface area contributed by atoms with Crippen LogP contribution in [0.3, 0.4) is 0 Å². The van der Waals surface area contributed by atoms with Gasteiger partial charge in [-0.05, 0) is 26.0 Å². The molecule has 0 aliphatic rings. The van der Waals surface area contributed by atoms with Crippen molar-refractivity contribution in [3.63, 3.8) is 0 Å². The Balaban J connectivity index is 1.75. The van der Waals surface area contributed by atoms with E-state index in [2.05, 4.69) is 15.4 Å². The molecule has 0 aliphatic heterocycles. The van der Waals surface area contributed by atoms with Crippen LogP contribution in [0.15, 0.2) is 30.5 Å². The Morgan fingerprint density at radius 2 is 2.18 bits per heavy atom. The van der Waals surface area contributed by atoms with Gasteiger partial charge in [-0.2, -0.15) is 0 Å². The number of aromatic nitrogens is 3. The van der Waals surface area contributed by atoms with Crippen molar-refractivity contribution in [3.8, 4) is 5.88 Å². The quantitative estimate of drug-likeness (QED) is 0.803. The molecule has 0 bridgehead atoms. The highest BCUT2D eigenvalue weighted by atomic mass is 32.1. The Labute approximate surface area is 131 Å². The number of benzene rings is 1. The first-order valence-corrected chi connectivity index (χ1v) is 7.68. The SMILES string of the molecule is Cc1cnc(NC(=O)C(C)Oc2nn(C)c3ccccc23)s1. The van der Waals surface area contributed by atoms with Gasteiger partial charge in [0.1, 0.15) is 0 Å². The van der Waals surface area contributed by atoms with Gasteiger partial charge in [0.2, 0.25) is 5.88 Å². The average molecular weight is 316 g/mol. The molecule has 0 radical (unpaired) electrons. The number of carbonyl (C=O) groups excluding carboxylic acids is 1. The van der Waals surface area contributed by atoms with Crippen LogP contribution in [-0.4, -0.2) is 26.8 Å². The zero-order valence-corrected chi connectivity index (χ0v) is 13.3. The average Bonchev–Trinajstić information content (AvgIpc) is 3.04. The van der Waals surface area contributed by atoms with Gasteiger partial charge in [-0.1, -0.05) is 12.1 Å². The summed E-state index contributed by atoms with van der Waals surface area (Å²) >= 11 is 1.43. The van der Waals surface area contributed by atoms with E-state index in [0.29, 0.717) is 11.0 Å². The number of rotatable bonds is 4. The van der Waals surface area contributed by atoms with Crippen molar-refractivity contribution in [2.75, 3.05) is 5.32 Å². The molecule has 3 rings (SSSR count). The Bertz CT molecular complexity index is 824. The zero-order valence-electron chi connectivity index (χ0n) is 12.5. The number of amides is 1. The molecule has 1 N–H and O–H groups in total. The number of nitrogens with zero attached hydrogens (tertiary/aromatic N) is 3. The first-order valence-electron chi connectivity index (χ1n) is 6.86. The summed E-state index contributed by atoms with van der Waals surface area (Å²) in [6, 6.07) is 7.74. The Morgan fingerprint density at radius 3 is 2.91 bits per heavy atom. The van der Waals surface area contributed by atoms with Crippen LogP contribution in [0.5, 0.6) is 5.88 Å². The number of hydrogen-bond acceptors (Lipinski definition) is 5. The molecule has 22 heavy (non-hydrogen) atoms. The van der Waals surface area contributed by atoms with Gasteiger partial charge in [-0.3, -0.25) is 14.8 Å². The lowest BCUT2D eigenvalue weighted by Gasteiger charge is -2.11. The van der Waals surface area contributed by atoms with Gasteiger partial charge in [-0.25, -0.2) is 4.98 Å². The molecule has 0 spiro atoms. The fourth-order valence-electron chi connectivity index (χ4n) is 2.11. The molecule has 1 atom stereocenters. The molecule has 0 aliphatic carbocycles. The number of nitrogens with one attached hydrogen (secondary N) is 1. The molecular weight excluding hydrogens is 300 g/mol. The van der Waals surface area contributed by atoms with Crippen molar-refractivity contribution in [3.05, 3.63) is 35.3 Å². The second-order valence-electron chi connectivity index (χ2n) is 4.97. The largest absolute Gasteiger partial charge is 0.463 e. The summed E-state index contributed by atoms with van der Waals surface area (Å²) in [7, 11) is 1.85. The first-order chi connectivity index (χ1) is 10.5. The van der Waals surface area contributed by atoms with E-state index < -0.39 is 6.10 Å². The minimum absolute atomic E-state index is 0.246. The number of anilines is 1. The summed E-state index contributed by atoms with van der Waals surface area (Å²) in [5.41, 5.74) is 0.959. The maximum Gasteiger partial charge on any atom is 0.266 e. The van der Waals surface area contributed by atoms with E-state index in [-0.39, 0.29) is 5.91 Å². The number of carbonyl (C=O) groups is 1. The summed E-state index contributed by atoms with van der Waals surface area (Å²) < 4.78 is 7.46. The first kappa shape index (κ1) is 14.5. The van der Waals surface area contributed by atoms with Crippen LogP contribution in [0.25, 0.3) is 10.9 Å². The Hall–Kier alpha value is -2.41. The molecule has 3 aromatic rings. The van der Waals surface area contributed by atoms with Crippen molar-refractivity contribution in [2.45, 2.75) is 20.0 Å². The normalized spacial score (nSPS) is 12.3.